The monoisotopic (exact) mass is 401 g/mol. The normalized spacial score (nSPS) is 15.2. The van der Waals surface area contributed by atoms with E-state index in [2.05, 4.69) is 0 Å². The summed E-state index contributed by atoms with van der Waals surface area (Å²) < 4.78 is 28.4. The Morgan fingerprint density at radius 1 is 1.00 bits per heavy atom. The minimum absolute atomic E-state index is 0.0948. The van der Waals surface area contributed by atoms with Gasteiger partial charge in [0.2, 0.25) is 6.10 Å². The highest BCUT2D eigenvalue weighted by atomic mass is 32.2. The highest BCUT2D eigenvalue weighted by Crippen LogP contribution is 2.24. The van der Waals surface area contributed by atoms with Gasteiger partial charge in [0, 0.05) is 24.9 Å². The van der Waals surface area contributed by atoms with Crippen molar-refractivity contribution < 1.29 is 22.7 Å². The van der Waals surface area contributed by atoms with Gasteiger partial charge in [-0.2, -0.15) is 0 Å². The standard InChI is InChI=1S/C21H23NO5S/c1-28(25,26)15-16-9-11-18(12-10-16)21(24)27-19(17-7-3-2-4-8-17)20(23)22-13-5-6-14-22/h2-4,7-12,19H,5-6,13-15H2,1H3. The van der Waals surface area contributed by atoms with Crippen molar-refractivity contribution in [3.8, 4) is 0 Å². The van der Waals surface area contributed by atoms with Gasteiger partial charge in [-0.1, -0.05) is 42.5 Å². The molecule has 2 aromatic rings. The van der Waals surface area contributed by atoms with Gasteiger partial charge in [-0.25, -0.2) is 13.2 Å². The summed E-state index contributed by atoms with van der Waals surface area (Å²) in [5.41, 5.74) is 1.49. The molecule has 0 aromatic heterocycles. The zero-order valence-corrected chi connectivity index (χ0v) is 16.5. The molecule has 1 aliphatic rings. The Balaban J connectivity index is 1.78. The zero-order valence-electron chi connectivity index (χ0n) is 15.7. The van der Waals surface area contributed by atoms with Crippen LogP contribution < -0.4 is 0 Å². The zero-order chi connectivity index (χ0) is 20.1. The van der Waals surface area contributed by atoms with Gasteiger partial charge >= 0.3 is 5.97 Å². The lowest BCUT2D eigenvalue weighted by Gasteiger charge is -2.23. The highest BCUT2D eigenvalue weighted by Gasteiger charge is 2.31. The number of amides is 1. The molecule has 0 bridgehead atoms. The van der Waals surface area contributed by atoms with E-state index in [0.717, 1.165) is 19.1 Å². The van der Waals surface area contributed by atoms with E-state index in [1.165, 1.54) is 12.1 Å². The lowest BCUT2D eigenvalue weighted by Crippen LogP contribution is -2.34. The van der Waals surface area contributed by atoms with Crippen LogP contribution in [0.1, 0.15) is 40.4 Å². The van der Waals surface area contributed by atoms with E-state index >= 15 is 0 Å². The van der Waals surface area contributed by atoms with Crippen LogP contribution in [0.25, 0.3) is 0 Å². The van der Waals surface area contributed by atoms with Crippen LogP contribution in [-0.2, 0) is 25.1 Å². The Morgan fingerprint density at radius 3 is 2.18 bits per heavy atom. The maximum absolute atomic E-state index is 12.9. The molecule has 28 heavy (non-hydrogen) atoms. The molecule has 0 radical (unpaired) electrons. The fraction of sp³-hybridized carbons (Fsp3) is 0.333. The molecule has 0 aliphatic carbocycles. The van der Waals surface area contributed by atoms with Crippen molar-refractivity contribution in [3.63, 3.8) is 0 Å². The Morgan fingerprint density at radius 2 is 1.61 bits per heavy atom. The first-order chi connectivity index (χ1) is 13.3. The number of likely N-dealkylation sites (tertiary alicyclic amines) is 1. The van der Waals surface area contributed by atoms with Crippen LogP contribution in [0, 0.1) is 0 Å². The van der Waals surface area contributed by atoms with E-state index in [1.807, 2.05) is 6.07 Å². The predicted octanol–water partition coefficient (Wildman–Crippen LogP) is 2.75. The minimum atomic E-state index is -3.15. The number of carbonyl (C=O) groups excluding carboxylic acids is 2. The molecular weight excluding hydrogens is 378 g/mol. The lowest BCUT2D eigenvalue weighted by atomic mass is 10.1. The van der Waals surface area contributed by atoms with Gasteiger partial charge in [-0.15, -0.1) is 0 Å². The molecular formula is C21H23NO5S. The number of ether oxygens (including phenoxy) is 1. The molecule has 6 nitrogen and oxygen atoms in total. The van der Waals surface area contributed by atoms with Crippen molar-refractivity contribution in [2.75, 3.05) is 19.3 Å². The van der Waals surface area contributed by atoms with E-state index in [-0.39, 0.29) is 17.2 Å². The van der Waals surface area contributed by atoms with E-state index in [1.54, 1.807) is 41.3 Å². The number of hydrogen-bond acceptors (Lipinski definition) is 5. The number of nitrogens with zero attached hydrogens (tertiary/aromatic N) is 1. The number of hydrogen-bond donors (Lipinski definition) is 0. The summed E-state index contributed by atoms with van der Waals surface area (Å²) in [4.78, 5) is 27.3. The summed E-state index contributed by atoms with van der Waals surface area (Å²) in [7, 11) is -3.15. The Labute approximate surface area is 165 Å². The summed E-state index contributed by atoms with van der Waals surface area (Å²) in [6, 6.07) is 15.2. The molecule has 1 heterocycles. The van der Waals surface area contributed by atoms with E-state index < -0.39 is 21.9 Å². The first-order valence-electron chi connectivity index (χ1n) is 9.15. The largest absolute Gasteiger partial charge is 0.444 e. The topological polar surface area (TPSA) is 80.7 Å². The Bertz CT molecular complexity index is 933. The van der Waals surface area contributed by atoms with Gasteiger partial charge in [0.25, 0.3) is 5.91 Å². The first-order valence-corrected chi connectivity index (χ1v) is 11.2. The molecule has 1 unspecified atom stereocenters. The molecule has 1 aliphatic heterocycles. The number of esters is 1. The molecule has 148 valence electrons. The van der Waals surface area contributed by atoms with Crippen molar-refractivity contribution in [2.24, 2.45) is 0 Å². The third-order valence-electron chi connectivity index (χ3n) is 4.59. The fourth-order valence-corrected chi connectivity index (χ4v) is 4.01. The van der Waals surface area contributed by atoms with Crippen LogP contribution in [0.3, 0.4) is 0 Å². The Kier molecular flexibility index (Phi) is 6.14. The van der Waals surface area contributed by atoms with Crippen LogP contribution >= 0.6 is 0 Å². The molecule has 7 heteroatoms. The first kappa shape index (κ1) is 20.1. The van der Waals surface area contributed by atoms with Gasteiger partial charge in [0.15, 0.2) is 9.84 Å². The van der Waals surface area contributed by atoms with E-state index in [4.69, 9.17) is 4.74 Å². The van der Waals surface area contributed by atoms with E-state index in [9.17, 15) is 18.0 Å². The smallest absolute Gasteiger partial charge is 0.339 e. The van der Waals surface area contributed by atoms with Gasteiger partial charge < -0.3 is 9.64 Å². The van der Waals surface area contributed by atoms with E-state index in [0.29, 0.717) is 24.2 Å². The summed E-state index contributed by atoms with van der Waals surface area (Å²) >= 11 is 0. The molecule has 1 saturated heterocycles. The number of benzene rings is 2. The second kappa shape index (κ2) is 8.56. The average Bonchev–Trinajstić information content (AvgIpc) is 3.20. The third kappa shape index (κ3) is 5.19. The second-order valence-electron chi connectivity index (χ2n) is 7.00. The van der Waals surface area contributed by atoms with Crippen molar-refractivity contribution >= 4 is 21.7 Å². The summed E-state index contributed by atoms with van der Waals surface area (Å²) in [5.74, 6) is -0.930. The molecule has 3 rings (SSSR count). The minimum Gasteiger partial charge on any atom is -0.444 e. The maximum Gasteiger partial charge on any atom is 0.339 e. The van der Waals surface area contributed by atoms with Crippen LogP contribution in [0.15, 0.2) is 54.6 Å². The molecule has 0 saturated carbocycles. The molecule has 1 atom stereocenters. The molecule has 1 amide bonds. The lowest BCUT2D eigenvalue weighted by molar-refractivity contribution is -0.140. The number of sulfone groups is 1. The van der Waals surface area contributed by atoms with Gasteiger partial charge in [0.05, 0.1) is 11.3 Å². The summed E-state index contributed by atoms with van der Waals surface area (Å²) in [5, 5.41) is 0. The van der Waals surface area contributed by atoms with Crippen LogP contribution in [0.4, 0.5) is 0 Å². The van der Waals surface area contributed by atoms with Gasteiger partial charge in [-0.3, -0.25) is 4.79 Å². The summed E-state index contributed by atoms with van der Waals surface area (Å²) in [6.45, 7) is 1.33. The van der Waals surface area contributed by atoms with Crippen molar-refractivity contribution in [1.82, 2.24) is 4.90 Å². The quantitative estimate of drug-likeness (QED) is 0.696. The van der Waals surface area contributed by atoms with Gasteiger partial charge in [0.1, 0.15) is 0 Å². The van der Waals surface area contributed by atoms with Crippen molar-refractivity contribution in [3.05, 3.63) is 71.3 Å². The maximum atomic E-state index is 12.9. The predicted molar refractivity (Wildman–Crippen MR) is 105 cm³/mol. The number of carbonyl (C=O) groups is 2. The van der Waals surface area contributed by atoms with Crippen LogP contribution in [-0.4, -0.2) is 44.5 Å². The summed E-state index contributed by atoms with van der Waals surface area (Å²) in [6.07, 6.45) is 2.05. The molecule has 2 aromatic carbocycles. The molecule has 0 spiro atoms. The average molecular weight is 401 g/mol. The van der Waals surface area contributed by atoms with Crippen molar-refractivity contribution in [1.29, 1.82) is 0 Å². The van der Waals surface area contributed by atoms with Crippen LogP contribution in [0.2, 0.25) is 0 Å². The second-order valence-corrected chi connectivity index (χ2v) is 9.14. The molecule has 0 N–H and O–H groups in total. The van der Waals surface area contributed by atoms with Gasteiger partial charge in [-0.05, 0) is 30.5 Å². The number of rotatable bonds is 6. The Hall–Kier alpha value is -2.67. The molecule has 1 fully saturated rings. The highest BCUT2D eigenvalue weighted by molar-refractivity contribution is 7.89. The fourth-order valence-electron chi connectivity index (χ4n) is 3.21. The third-order valence-corrected chi connectivity index (χ3v) is 5.45. The van der Waals surface area contributed by atoms with Crippen molar-refractivity contribution in [2.45, 2.75) is 24.7 Å². The van der Waals surface area contributed by atoms with Crippen LogP contribution in [0.5, 0.6) is 0 Å². The SMILES string of the molecule is CS(=O)(=O)Cc1ccc(C(=O)OC(C(=O)N2CCCC2)c2ccccc2)cc1.